The minimum Gasteiger partial charge on any atom is -0.323 e. The molecule has 3 aromatic rings. The number of hydrogen-bond donors (Lipinski definition) is 1. The zero-order valence-electron chi connectivity index (χ0n) is 12.1. The van der Waals surface area contributed by atoms with Gasteiger partial charge in [-0.3, -0.25) is 14.2 Å². The lowest BCUT2D eigenvalue weighted by atomic mass is 10.2. The van der Waals surface area contributed by atoms with Gasteiger partial charge in [0.2, 0.25) is 5.91 Å². The van der Waals surface area contributed by atoms with Crippen LogP contribution in [0.1, 0.15) is 0 Å². The lowest BCUT2D eigenvalue weighted by Crippen LogP contribution is -2.28. The molecule has 1 amide bonds. The van der Waals surface area contributed by atoms with Gasteiger partial charge in [0.15, 0.2) is 0 Å². The maximum atomic E-state index is 12.5. The normalized spacial score (nSPS) is 10.8. The largest absolute Gasteiger partial charge is 0.323 e. The van der Waals surface area contributed by atoms with Crippen LogP contribution >= 0.6 is 39.1 Å². The van der Waals surface area contributed by atoms with E-state index in [4.69, 9.17) is 23.2 Å². The Balaban J connectivity index is 1.87. The van der Waals surface area contributed by atoms with Crippen LogP contribution in [0.4, 0.5) is 5.69 Å². The van der Waals surface area contributed by atoms with Gasteiger partial charge in [0, 0.05) is 9.50 Å². The van der Waals surface area contributed by atoms with Gasteiger partial charge in [0.25, 0.3) is 5.56 Å². The molecule has 2 aromatic carbocycles. The SMILES string of the molecule is O=C(Cn1cnc2ccc(Br)cc2c1=O)Nc1cc(Cl)ccc1Cl. The molecule has 0 saturated heterocycles. The number of carbonyl (C=O) groups excluding carboxylic acids is 1. The molecule has 0 fully saturated rings. The summed E-state index contributed by atoms with van der Waals surface area (Å²) in [6.07, 6.45) is 1.34. The Morgan fingerprint density at radius 3 is 2.79 bits per heavy atom. The summed E-state index contributed by atoms with van der Waals surface area (Å²) >= 11 is 15.2. The Bertz CT molecular complexity index is 1000. The number of hydrogen-bond acceptors (Lipinski definition) is 3. The average molecular weight is 427 g/mol. The lowest BCUT2D eigenvalue weighted by Gasteiger charge is -2.09. The van der Waals surface area contributed by atoms with Gasteiger partial charge < -0.3 is 5.32 Å². The molecule has 0 aliphatic carbocycles. The predicted octanol–water partition coefficient (Wildman–Crippen LogP) is 4.10. The van der Waals surface area contributed by atoms with Crippen LogP contribution in [-0.2, 0) is 11.3 Å². The molecule has 0 aliphatic heterocycles. The first-order valence-corrected chi connectivity index (χ1v) is 8.38. The predicted molar refractivity (Wildman–Crippen MR) is 98.8 cm³/mol. The van der Waals surface area contributed by atoms with Crippen molar-refractivity contribution in [2.75, 3.05) is 5.32 Å². The van der Waals surface area contributed by atoms with Gasteiger partial charge in [-0.2, -0.15) is 0 Å². The molecule has 0 spiro atoms. The van der Waals surface area contributed by atoms with Crippen molar-refractivity contribution in [1.29, 1.82) is 0 Å². The Labute approximate surface area is 155 Å². The van der Waals surface area contributed by atoms with Crippen LogP contribution in [-0.4, -0.2) is 15.5 Å². The topological polar surface area (TPSA) is 64.0 Å². The molecule has 8 heteroatoms. The number of halogens is 3. The molecule has 5 nitrogen and oxygen atoms in total. The molecule has 0 bridgehead atoms. The number of carbonyl (C=O) groups is 1. The van der Waals surface area contributed by atoms with Gasteiger partial charge in [-0.1, -0.05) is 39.1 Å². The van der Waals surface area contributed by atoms with Crippen LogP contribution < -0.4 is 10.9 Å². The van der Waals surface area contributed by atoms with E-state index in [0.717, 1.165) is 4.47 Å². The number of amides is 1. The van der Waals surface area contributed by atoms with Crippen molar-refractivity contribution >= 4 is 61.6 Å². The number of aromatic nitrogens is 2. The number of fused-ring (bicyclic) bond motifs is 1. The van der Waals surface area contributed by atoms with E-state index in [9.17, 15) is 9.59 Å². The summed E-state index contributed by atoms with van der Waals surface area (Å²) in [6, 6.07) is 9.95. The molecule has 24 heavy (non-hydrogen) atoms. The number of rotatable bonds is 3. The van der Waals surface area contributed by atoms with Crippen molar-refractivity contribution in [3.8, 4) is 0 Å². The quantitative estimate of drug-likeness (QED) is 0.685. The van der Waals surface area contributed by atoms with Crippen molar-refractivity contribution < 1.29 is 4.79 Å². The molecule has 1 aromatic heterocycles. The Kier molecular flexibility index (Phi) is 4.89. The number of anilines is 1. The highest BCUT2D eigenvalue weighted by molar-refractivity contribution is 9.10. The summed E-state index contributed by atoms with van der Waals surface area (Å²) in [6.45, 7) is -0.183. The van der Waals surface area contributed by atoms with Crippen LogP contribution in [0.2, 0.25) is 10.0 Å². The molecule has 0 unspecified atom stereocenters. The third-order valence-corrected chi connectivity index (χ3v) is 4.36. The Hall–Kier alpha value is -1.89. The van der Waals surface area contributed by atoms with Gasteiger partial charge >= 0.3 is 0 Å². The smallest absolute Gasteiger partial charge is 0.261 e. The monoisotopic (exact) mass is 425 g/mol. The molecule has 1 heterocycles. The van der Waals surface area contributed by atoms with Crippen LogP contribution in [0, 0.1) is 0 Å². The van der Waals surface area contributed by atoms with Crippen LogP contribution in [0.15, 0.2) is 52.0 Å². The Morgan fingerprint density at radius 1 is 1.21 bits per heavy atom. The van der Waals surface area contributed by atoms with E-state index in [0.29, 0.717) is 26.6 Å². The Morgan fingerprint density at radius 2 is 2.00 bits per heavy atom. The van der Waals surface area contributed by atoms with Gasteiger partial charge in [0.1, 0.15) is 6.54 Å². The molecule has 1 N–H and O–H groups in total. The first-order chi connectivity index (χ1) is 11.4. The van der Waals surface area contributed by atoms with Crippen molar-refractivity contribution in [2.45, 2.75) is 6.54 Å². The van der Waals surface area contributed by atoms with Gasteiger partial charge in [-0.15, -0.1) is 0 Å². The molecule has 3 rings (SSSR count). The molecular weight excluding hydrogens is 417 g/mol. The maximum absolute atomic E-state index is 12.5. The molecule has 0 saturated carbocycles. The molecular formula is C16H10BrCl2N3O2. The second-order valence-corrected chi connectivity index (χ2v) is 6.77. The van der Waals surface area contributed by atoms with Gasteiger partial charge in [0.05, 0.1) is 27.9 Å². The highest BCUT2D eigenvalue weighted by atomic mass is 79.9. The summed E-state index contributed by atoms with van der Waals surface area (Å²) in [7, 11) is 0. The van der Waals surface area contributed by atoms with E-state index in [1.807, 2.05) is 0 Å². The summed E-state index contributed by atoms with van der Waals surface area (Å²) < 4.78 is 2.00. The van der Waals surface area contributed by atoms with E-state index in [1.165, 1.54) is 10.9 Å². The van der Waals surface area contributed by atoms with E-state index >= 15 is 0 Å². The lowest BCUT2D eigenvalue weighted by molar-refractivity contribution is -0.116. The summed E-state index contributed by atoms with van der Waals surface area (Å²) in [5.74, 6) is -0.405. The minimum atomic E-state index is -0.405. The standard InChI is InChI=1S/C16H10BrCl2N3O2/c17-9-1-4-13-11(5-9)16(24)22(8-20-13)7-15(23)21-14-6-10(18)2-3-12(14)19/h1-6,8H,7H2,(H,21,23). The van der Waals surface area contributed by atoms with Crippen molar-refractivity contribution in [3.05, 3.63) is 67.6 Å². The van der Waals surface area contributed by atoms with Crippen LogP contribution in [0.5, 0.6) is 0 Å². The fourth-order valence-electron chi connectivity index (χ4n) is 2.18. The molecule has 122 valence electrons. The first kappa shape index (κ1) is 17.0. The van der Waals surface area contributed by atoms with Crippen LogP contribution in [0.3, 0.4) is 0 Å². The number of nitrogens with one attached hydrogen (secondary N) is 1. The molecule has 0 atom stereocenters. The summed E-state index contributed by atoms with van der Waals surface area (Å²) in [5, 5.41) is 3.88. The zero-order chi connectivity index (χ0) is 17.3. The number of nitrogens with zero attached hydrogens (tertiary/aromatic N) is 2. The van der Waals surface area contributed by atoms with E-state index in [1.54, 1.807) is 36.4 Å². The van der Waals surface area contributed by atoms with E-state index in [2.05, 4.69) is 26.2 Å². The van der Waals surface area contributed by atoms with E-state index in [-0.39, 0.29) is 12.1 Å². The maximum Gasteiger partial charge on any atom is 0.261 e. The van der Waals surface area contributed by atoms with Crippen LogP contribution in [0.25, 0.3) is 10.9 Å². The average Bonchev–Trinajstić information content (AvgIpc) is 2.54. The second kappa shape index (κ2) is 6.93. The van der Waals surface area contributed by atoms with Crippen molar-refractivity contribution in [1.82, 2.24) is 9.55 Å². The number of benzene rings is 2. The zero-order valence-corrected chi connectivity index (χ0v) is 15.2. The van der Waals surface area contributed by atoms with Crippen molar-refractivity contribution in [3.63, 3.8) is 0 Å². The molecule has 0 aliphatic rings. The fraction of sp³-hybridized carbons (Fsp3) is 0.0625. The van der Waals surface area contributed by atoms with Crippen molar-refractivity contribution in [2.24, 2.45) is 0 Å². The molecule has 0 radical (unpaired) electrons. The highest BCUT2D eigenvalue weighted by Gasteiger charge is 2.10. The van der Waals surface area contributed by atoms with Gasteiger partial charge in [-0.25, -0.2) is 4.98 Å². The van der Waals surface area contributed by atoms with Gasteiger partial charge in [-0.05, 0) is 36.4 Å². The summed E-state index contributed by atoms with van der Waals surface area (Å²) in [5.41, 5.74) is 0.657. The minimum absolute atomic E-state index is 0.183. The second-order valence-electron chi connectivity index (χ2n) is 5.01. The summed E-state index contributed by atoms with van der Waals surface area (Å²) in [4.78, 5) is 28.8. The third kappa shape index (κ3) is 3.61. The highest BCUT2D eigenvalue weighted by Crippen LogP contribution is 2.25. The third-order valence-electron chi connectivity index (χ3n) is 3.30. The fourth-order valence-corrected chi connectivity index (χ4v) is 2.88. The first-order valence-electron chi connectivity index (χ1n) is 6.83. The van der Waals surface area contributed by atoms with E-state index < -0.39 is 5.91 Å².